The van der Waals surface area contributed by atoms with Crippen molar-refractivity contribution in [1.82, 2.24) is 9.88 Å². The summed E-state index contributed by atoms with van der Waals surface area (Å²) in [4.78, 5) is 24.4. The fraction of sp³-hybridized carbons (Fsp3) is 0.333. The number of aromatic nitrogens is 1. The van der Waals surface area contributed by atoms with Gasteiger partial charge in [0, 0.05) is 30.8 Å². The fourth-order valence-electron chi connectivity index (χ4n) is 2.93. The van der Waals surface area contributed by atoms with Crippen LogP contribution in [0.1, 0.15) is 24.0 Å². The van der Waals surface area contributed by atoms with Crippen LogP contribution in [0.15, 0.2) is 41.3 Å². The van der Waals surface area contributed by atoms with Gasteiger partial charge in [-0.3, -0.25) is 4.79 Å². The van der Waals surface area contributed by atoms with E-state index in [0.29, 0.717) is 12.3 Å². The summed E-state index contributed by atoms with van der Waals surface area (Å²) in [5, 5.41) is 5.58. The van der Waals surface area contributed by atoms with Gasteiger partial charge < -0.3 is 19.9 Å². The summed E-state index contributed by atoms with van der Waals surface area (Å²) in [5.41, 5.74) is 1.90. The number of benzene rings is 1. The average Bonchev–Trinajstić information content (AvgIpc) is 2.99. The Hall–Kier alpha value is -2.76. The number of para-hydroxylation sites is 1. The van der Waals surface area contributed by atoms with Crippen LogP contribution in [0.3, 0.4) is 0 Å². The first kappa shape index (κ1) is 16.1. The van der Waals surface area contributed by atoms with Crippen molar-refractivity contribution in [2.24, 2.45) is 7.05 Å². The number of pyridine rings is 1. The lowest BCUT2D eigenvalue weighted by Gasteiger charge is -2.20. The highest BCUT2D eigenvalue weighted by atomic mass is 16.5. The molecule has 3 rings (SSSR count). The van der Waals surface area contributed by atoms with Gasteiger partial charge in [0.2, 0.25) is 0 Å². The third kappa shape index (κ3) is 2.99. The van der Waals surface area contributed by atoms with Crippen LogP contribution in [-0.2, 0) is 7.05 Å². The number of nitrogens with one attached hydrogen (secondary N) is 2. The molecule has 1 aliphatic heterocycles. The zero-order valence-corrected chi connectivity index (χ0v) is 14.0. The van der Waals surface area contributed by atoms with E-state index in [2.05, 4.69) is 10.6 Å². The third-order valence-corrected chi connectivity index (χ3v) is 4.41. The number of hydrogen-bond acceptors (Lipinski definition) is 3. The summed E-state index contributed by atoms with van der Waals surface area (Å²) in [5.74, 6) is 0.955. The molecule has 0 aliphatic carbocycles. The first-order valence-corrected chi connectivity index (χ1v) is 7.93. The third-order valence-electron chi connectivity index (χ3n) is 4.41. The molecule has 0 spiro atoms. The van der Waals surface area contributed by atoms with Crippen molar-refractivity contribution in [3.8, 4) is 5.75 Å². The Morgan fingerprint density at radius 2 is 2.08 bits per heavy atom. The Labute approximate surface area is 140 Å². The predicted molar refractivity (Wildman–Crippen MR) is 92.7 cm³/mol. The minimum Gasteiger partial charge on any atom is -0.493 e. The van der Waals surface area contributed by atoms with Crippen molar-refractivity contribution in [1.29, 1.82) is 0 Å². The molecule has 2 N–H and O–H groups in total. The van der Waals surface area contributed by atoms with Gasteiger partial charge in [-0.2, -0.15) is 0 Å². The van der Waals surface area contributed by atoms with Gasteiger partial charge in [-0.15, -0.1) is 0 Å². The first-order valence-electron chi connectivity index (χ1n) is 7.93. The zero-order chi connectivity index (χ0) is 17.3. The van der Waals surface area contributed by atoms with Crippen LogP contribution in [0, 0.1) is 6.92 Å². The highest BCUT2D eigenvalue weighted by Gasteiger charge is 2.29. The smallest absolute Gasteiger partial charge is 0.319 e. The van der Waals surface area contributed by atoms with Crippen molar-refractivity contribution in [3.05, 3.63) is 58.0 Å². The number of carbonyl (C=O) groups excluding carboxylic acids is 1. The zero-order valence-electron chi connectivity index (χ0n) is 14.0. The van der Waals surface area contributed by atoms with E-state index in [0.717, 1.165) is 16.9 Å². The normalized spacial score (nSPS) is 16.9. The Kier molecular flexibility index (Phi) is 4.29. The SMILES string of the molecule is Cc1ccn(C)c(=O)c1NC(=O)N[C@@H](C)[C@H]1COc2ccccc21. The molecule has 6 nitrogen and oxygen atoms in total. The molecule has 24 heavy (non-hydrogen) atoms. The largest absolute Gasteiger partial charge is 0.493 e. The second kappa shape index (κ2) is 6.39. The topological polar surface area (TPSA) is 72.4 Å². The lowest BCUT2D eigenvalue weighted by atomic mass is 9.94. The number of anilines is 1. The molecule has 2 atom stereocenters. The van der Waals surface area contributed by atoms with E-state index in [1.54, 1.807) is 26.2 Å². The molecule has 0 saturated carbocycles. The average molecular weight is 327 g/mol. The standard InChI is InChI=1S/C18H21N3O3/c1-11-8-9-21(3)17(22)16(11)20-18(23)19-12(2)14-10-24-15-7-5-4-6-13(14)15/h4-9,12,14H,10H2,1-3H3,(H2,19,20,23)/t12-,14+/m0/s1. The Morgan fingerprint density at radius 1 is 1.33 bits per heavy atom. The van der Waals surface area contributed by atoms with E-state index in [1.807, 2.05) is 31.2 Å². The molecule has 0 bridgehead atoms. The molecule has 1 aromatic carbocycles. The van der Waals surface area contributed by atoms with Gasteiger partial charge >= 0.3 is 6.03 Å². The Morgan fingerprint density at radius 3 is 2.88 bits per heavy atom. The van der Waals surface area contributed by atoms with Gasteiger partial charge in [-0.25, -0.2) is 4.79 Å². The van der Waals surface area contributed by atoms with Crippen molar-refractivity contribution in [2.45, 2.75) is 25.8 Å². The highest BCUT2D eigenvalue weighted by molar-refractivity contribution is 5.90. The van der Waals surface area contributed by atoms with E-state index in [1.165, 1.54) is 4.57 Å². The molecule has 6 heteroatoms. The minimum absolute atomic E-state index is 0.0895. The van der Waals surface area contributed by atoms with Crippen LogP contribution in [0.4, 0.5) is 10.5 Å². The van der Waals surface area contributed by atoms with Crippen LogP contribution in [0.2, 0.25) is 0 Å². The maximum absolute atomic E-state index is 12.3. The summed E-state index contributed by atoms with van der Waals surface area (Å²) in [6, 6.07) is 9.12. The van der Waals surface area contributed by atoms with Crippen molar-refractivity contribution in [3.63, 3.8) is 0 Å². The minimum atomic E-state index is -0.390. The Bertz CT molecular complexity index is 828. The fourth-order valence-corrected chi connectivity index (χ4v) is 2.93. The molecule has 0 saturated heterocycles. The first-order chi connectivity index (χ1) is 11.5. The van der Waals surface area contributed by atoms with Gasteiger partial charge in [0.1, 0.15) is 11.4 Å². The van der Waals surface area contributed by atoms with E-state index in [-0.39, 0.29) is 17.5 Å². The van der Waals surface area contributed by atoms with Gasteiger partial charge in [-0.05, 0) is 31.5 Å². The highest BCUT2D eigenvalue weighted by Crippen LogP contribution is 2.35. The van der Waals surface area contributed by atoms with Crippen LogP contribution >= 0.6 is 0 Å². The second-order valence-corrected chi connectivity index (χ2v) is 6.13. The van der Waals surface area contributed by atoms with Crippen LogP contribution in [0.25, 0.3) is 0 Å². The van der Waals surface area contributed by atoms with E-state index in [9.17, 15) is 9.59 Å². The number of rotatable bonds is 3. The van der Waals surface area contributed by atoms with Gasteiger partial charge in [0.05, 0.1) is 6.61 Å². The van der Waals surface area contributed by atoms with E-state index in [4.69, 9.17) is 4.74 Å². The number of fused-ring (bicyclic) bond motifs is 1. The molecular formula is C18H21N3O3. The predicted octanol–water partition coefficient (Wildman–Crippen LogP) is 2.38. The quantitative estimate of drug-likeness (QED) is 0.909. The number of amides is 2. The molecule has 126 valence electrons. The monoisotopic (exact) mass is 327 g/mol. The maximum Gasteiger partial charge on any atom is 0.319 e. The van der Waals surface area contributed by atoms with Crippen molar-refractivity contribution >= 4 is 11.7 Å². The number of carbonyl (C=O) groups is 1. The van der Waals surface area contributed by atoms with Gasteiger partial charge in [0.25, 0.3) is 5.56 Å². The molecule has 2 heterocycles. The Balaban J connectivity index is 1.70. The number of nitrogens with zero attached hydrogens (tertiary/aromatic N) is 1. The molecule has 0 fully saturated rings. The molecule has 1 aromatic heterocycles. The maximum atomic E-state index is 12.3. The number of hydrogen-bond donors (Lipinski definition) is 2. The summed E-state index contributed by atoms with van der Waals surface area (Å²) in [6.07, 6.45) is 1.68. The van der Waals surface area contributed by atoms with Crippen molar-refractivity contribution in [2.75, 3.05) is 11.9 Å². The van der Waals surface area contributed by atoms with E-state index >= 15 is 0 Å². The molecule has 0 unspecified atom stereocenters. The molecule has 2 aromatic rings. The van der Waals surface area contributed by atoms with Gasteiger partial charge in [0.15, 0.2) is 0 Å². The lowest BCUT2D eigenvalue weighted by molar-refractivity contribution is 0.244. The summed E-state index contributed by atoms with van der Waals surface area (Å²) in [6.45, 7) is 4.26. The van der Waals surface area contributed by atoms with Crippen LogP contribution < -0.4 is 20.9 Å². The number of aryl methyl sites for hydroxylation is 2. The van der Waals surface area contributed by atoms with Gasteiger partial charge in [-0.1, -0.05) is 18.2 Å². The van der Waals surface area contributed by atoms with Crippen molar-refractivity contribution < 1.29 is 9.53 Å². The molecular weight excluding hydrogens is 306 g/mol. The number of ether oxygens (including phenoxy) is 1. The lowest BCUT2D eigenvalue weighted by Crippen LogP contribution is -2.41. The summed E-state index contributed by atoms with van der Waals surface area (Å²) >= 11 is 0. The summed E-state index contributed by atoms with van der Waals surface area (Å²) < 4.78 is 7.10. The van der Waals surface area contributed by atoms with E-state index < -0.39 is 6.03 Å². The van der Waals surface area contributed by atoms with Crippen LogP contribution in [-0.4, -0.2) is 23.2 Å². The molecule has 0 radical (unpaired) electrons. The second-order valence-electron chi connectivity index (χ2n) is 6.13. The van der Waals surface area contributed by atoms with Crippen LogP contribution in [0.5, 0.6) is 5.75 Å². The summed E-state index contributed by atoms with van der Waals surface area (Å²) in [7, 11) is 1.65. The molecule has 2 amide bonds. The molecule has 1 aliphatic rings. The number of urea groups is 1.